The first-order chi connectivity index (χ1) is 22.1. The van der Waals surface area contributed by atoms with Gasteiger partial charge < -0.3 is 10.3 Å². The predicted molar refractivity (Wildman–Crippen MR) is 196 cm³/mol. The van der Waals surface area contributed by atoms with Crippen LogP contribution in [0, 0.1) is 6.07 Å². The topological polar surface area (TPSA) is 86.5 Å². The number of nitrogen functional groups attached to an aromatic ring is 1. The Morgan fingerprint density at radius 1 is 0.830 bits per heavy atom. The molecular weight excluding hydrogens is 714 g/mol. The van der Waals surface area contributed by atoms with Crippen LogP contribution in [0.25, 0.3) is 16.7 Å². The van der Waals surface area contributed by atoms with Crippen LogP contribution in [0.4, 0.5) is 5.69 Å². The van der Waals surface area contributed by atoms with Gasteiger partial charge in [0.15, 0.2) is 0 Å². The van der Waals surface area contributed by atoms with E-state index in [9.17, 15) is 0 Å². The predicted octanol–water partition coefficient (Wildman–Crippen LogP) is 9.33. The van der Waals surface area contributed by atoms with E-state index in [0.29, 0.717) is 6.26 Å². The minimum absolute atomic E-state index is 0. The first-order valence-electron chi connectivity index (χ1n) is 16.7. The van der Waals surface area contributed by atoms with Gasteiger partial charge in [0, 0.05) is 6.26 Å². The molecule has 3 aliphatic carbocycles. The number of nitrogens with two attached hydrogens (primary N) is 1. The maximum Gasteiger partial charge on any atom is 2.00 e. The van der Waals surface area contributed by atoms with Crippen molar-refractivity contribution in [3.05, 3.63) is 109 Å². The Morgan fingerprint density at radius 2 is 1.36 bits per heavy atom. The fourth-order valence-corrected chi connectivity index (χ4v) is 12.3. The number of hydrogen-bond acceptors (Lipinski definition) is 5. The van der Waals surface area contributed by atoms with E-state index in [1.54, 1.807) is 5.57 Å². The molecular formula is C39H51N2O3PPdS. The van der Waals surface area contributed by atoms with Crippen LogP contribution in [0.15, 0.2) is 97.1 Å². The van der Waals surface area contributed by atoms with Crippen molar-refractivity contribution in [3.8, 4) is 11.1 Å². The van der Waals surface area contributed by atoms with Gasteiger partial charge in [-0.25, -0.2) is 8.42 Å². The summed E-state index contributed by atoms with van der Waals surface area (Å²) in [5.41, 5.74) is 13.7. The zero-order chi connectivity index (χ0) is 33.0. The van der Waals surface area contributed by atoms with Gasteiger partial charge in [0.25, 0.3) is 0 Å². The Kier molecular flexibility index (Phi) is 16.1. The molecule has 8 heteroatoms. The monoisotopic (exact) mass is 764 g/mol. The minimum Gasteiger partial charge on any atom is -0.748 e. The van der Waals surface area contributed by atoms with Gasteiger partial charge in [-0.05, 0) is 80.4 Å². The quantitative estimate of drug-likeness (QED) is 0.0890. The molecule has 2 saturated carbocycles. The zero-order valence-corrected chi connectivity index (χ0v) is 31.4. The molecule has 0 heterocycles. The average molecular weight is 765 g/mol. The van der Waals surface area contributed by atoms with Crippen molar-refractivity contribution >= 4 is 29.3 Å². The van der Waals surface area contributed by atoms with E-state index < -0.39 is 10.1 Å². The second-order valence-corrected chi connectivity index (χ2v) is 17.3. The SMILES string of the molecule is CN(C)C1(P(C2CCCCC2)C2CCCCC2)CC=CC=C1c1ccccc1.CS(=O)(=O)[O-].Nc1ccccc1-c1[c-]cccc1.[Pd+2]. The summed E-state index contributed by atoms with van der Waals surface area (Å²) in [6, 6.07) is 30.1. The van der Waals surface area contributed by atoms with Gasteiger partial charge in [-0.2, -0.15) is 0 Å². The van der Waals surface area contributed by atoms with Gasteiger partial charge >= 0.3 is 20.4 Å². The molecule has 1 unspecified atom stereocenters. The van der Waals surface area contributed by atoms with Crippen LogP contribution < -0.4 is 5.73 Å². The molecule has 0 amide bonds. The van der Waals surface area contributed by atoms with Crippen molar-refractivity contribution in [2.45, 2.75) is 87.2 Å². The normalized spacial score (nSPS) is 20.3. The summed E-state index contributed by atoms with van der Waals surface area (Å²) in [4.78, 5) is 2.64. The van der Waals surface area contributed by atoms with Gasteiger partial charge in [-0.3, -0.25) is 4.90 Å². The number of benzene rings is 3. The van der Waals surface area contributed by atoms with Crippen LogP contribution in [0.3, 0.4) is 0 Å². The third-order valence-electron chi connectivity index (χ3n) is 9.38. The smallest absolute Gasteiger partial charge is 0.748 e. The van der Waals surface area contributed by atoms with Gasteiger partial charge in [-0.1, -0.05) is 119 Å². The van der Waals surface area contributed by atoms with Crippen molar-refractivity contribution in [2.75, 3.05) is 26.1 Å². The summed E-state index contributed by atoms with van der Waals surface area (Å²) < 4.78 is 27.2. The molecule has 1 atom stereocenters. The number of allylic oxidation sites excluding steroid dienone is 2. The van der Waals surface area contributed by atoms with Crippen LogP contribution in [-0.4, -0.2) is 54.8 Å². The molecule has 0 saturated heterocycles. The Bertz CT molecular complexity index is 1490. The summed E-state index contributed by atoms with van der Waals surface area (Å²) in [5.74, 6) is 0. The van der Waals surface area contributed by atoms with Crippen LogP contribution in [0.5, 0.6) is 0 Å². The summed E-state index contributed by atoms with van der Waals surface area (Å²) >= 11 is 0. The first-order valence-corrected chi connectivity index (χ1v) is 20.0. The standard InChI is InChI=1S/C26H38NP.C12H10N.CH4O3S.Pd/c1-27(2)26(21-13-12-20-25(26)22-14-6-3-7-15-22)28(23-16-8-4-9-17-23)24-18-10-5-11-19-24;13-12-9-5-4-8-11(12)10-6-2-1-3-7-10;1-5(2,3)4;/h3,6-7,12-15,20,23-24H,4-5,8-11,16-19,21H2,1-2H3;1-6,8-9H,13H2;1H3,(H,2,3,4);/q;-1;;+2/p-1. The minimum atomic E-state index is -3.92. The van der Waals surface area contributed by atoms with E-state index in [4.69, 9.17) is 18.7 Å². The van der Waals surface area contributed by atoms with Gasteiger partial charge in [0.05, 0.1) is 15.4 Å². The van der Waals surface area contributed by atoms with Crippen molar-refractivity contribution in [1.82, 2.24) is 4.90 Å². The van der Waals surface area contributed by atoms with Gasteiger partial charge in [-0.15, -0.1) is 35.9 Å². The fraction of sp³-hybridized carbons (Fsp3) is 0.436. The number of nitrogens with zero attached hydrogens (tertiary/aromatic N) is 1. The average Bonchev–Trinajstić information content (AvgIpc) is 3.06. The second-order valence-electron chi connectivity index (χ2n) is 12.8. The molecule has 3 aliphatic rings. The van der Waals surface area contributed by atoms with E-state index in [2.05, 4.69) is 73.6 Å². The summed E-state index contributed by atoms with van der Waals surface area (Å²) in [6.07, 6.45) is 23.7. The second kappa shape index (κ2) is 19.2. The van der Waals surface area contributed by atoms with Crippen molar-refractivity contribution in [3.63, 3.8) is 0 Å². The summed E-state index contributed by atoms with van der Waals surface area (Å²) in [6.45, 7) is 0. The van der Waals surface area contributed by atoms with E-state index >= 15 is 0 Å². The molecule has 0 aromatic heterocycles. The Morgan fingerprint density at radius 3 is 1.87 bits per heavy atom. The Balaban J connectivity index is 0.000000262. The molecule has 256 valence electrons. The van der Waals surface area contributed by atoms with E-state index in [1.165, 1.54) is 76.2 Å². The van der Waals surface area contributed by atoms with Crippen LogP contribution in [0.2, 0.25) is 0 Å². The zero-order valence-electron chi connectivity index (χ0n) is 28.1. The van der Waals surface area contributed by atoms with Crippen LogP contribution >= 0.6 is 7.92 Å². The third-order valence-corrected chi connectivity index (χ3v) is 13.7. The molecule has 0 bridgehead atoms. The number of anilines is 1. The molecule has 2 fully saturated rings. The first kappa shape index (κ1) is 39.3. The molecule has 0 aliphatic heterocycles. The Labute approximate surface area is 299 Å². The maximum atomic E-state index is 9.08. The van der Waals surface area contributed by atoms with Gasteiger partial charge in [0.1, 0.15) is 0 Å². The number of likely N-dealkylation sites (N-methyl/N-ethyl adjacent to an activating group) is 1. The molecule has 0 spiro atoms. The summed E-state index contributed by atoms with van der Waals surface area (Å²) in [7, 11) is 0.732. The van der Waals surface area contributed by atoms with Crippen molar-refractivity contribution < 1.29 is 33.4 Å². The molecule has 2 N–H and O–H groups in total. The van der Waals surface area contributed by atoms with Gasteiger partial charge in [0.2, 0.25) is 0 Å². The molecule has 5 nitrogen and oxygen atoms in total. The molecule has 6 rings (SSSR count). The number of hydrogen-bond donors (Lipinski definition) is 1. The van der Waals surface area contributed by atoms with E-state index in [-0.39, 0.29) is 33.6 Å². The molecule has 0 radical (unpaired) electrons. The fourth-order valence-electron chi connectivity index (χ4n) is 7.41. The maximum absolute atomic E-state index is 9.08. The van der Waals surface area contributed by atoms with Crippen molar-refractivity contribution in [2.24, 2.45) is 0 Å². The van der Waals surface area contributed by atoms with Crippen LogP contribution in [0.1, 0.15) is 76.2 Å². The Hall–Kier alpha value is -2.10. The number of rotatable bonds is 6. The van der Waals surface area contributed by atoms with E-state index in [0.717, 1.165) is 28.1 Å². The molecule has 3 aromatic rings. The third kappa shape index (κ3) is 11.2. The molecule has 47 heavy (non-hydrogen) atoms. The van der Waals surface area contributed by atoms with Crippen molar-refractivity contribution in [1.29, 1.82) is 0 Å². The number of para-hydroxylation sites is 1. The van der Waals surface area contributed by atoms with Crippen LogP contribution in [-0.2, 0) is 30.5 Å². The molecule has 3 aromatic carbocycles. The van der Waals surface area contributed by atoms with E-state index in [1.807, 2.05) is 48.5 Å². The summed E-state index contributed by atoms with van der Waals surface area (Å²) in [5, 5.41) is 0.204. The largest absolute Gasteiger partial charge is 2.00 e.